The van der Waals surface area contributed by atoms with Gasteiger partial charge in [0.1, 0.15) is 11.5 Å². The van der Waals surface area contributed by atoms with E-state index in [1.54, 1.807) is 0 Å². The molecule has 0 saturated carbocycles. The van der Waals surface area contributed by atoms with Gasteiger partial charge in [-0.15, -0.1) is 10.2 Å². The summed E-state index contributed by atoms with van der Waals surface area (Å²) in [5.41, 5.74) is 1.26. The molecular weight excluding hydrogens is 280 g/mol. The van der Waals surface area contributed by atoms with Crippen molar-refractivity contribution in [1.82, 2.24) is 0 Å². The van der Waals surface area contributed by atoms with Crippen LogP contribution in [0.4, 0.5) is 0 Å². The number of hydrogen-bond acceptors (Lipinski definition) is 5. The van der Waals surface area contributed by atoms with Crippen LogP contribution < -0.4 is 18.6 Å². The molecule has 1 aromatic carbocycles. The number of aryl methyl sites for hydroxylation is 1. The Morgan fingerprint density at radius 1 is 1.11 bits per heavy atom. The van der Waals surface area contributed by atoms with Crippen LogP contribution in [0.1, 0.15) is 18.4 Å². The van der Waals surface area contributed by atoms with Crippen molar-refractivity contribution in [3.63, 3.8) is 0 Å². The Kier molecular flexibility index (Phi) is 5.71. The molecule has 0 bridgehead atoms. The van der Waals surface area contributed by atoms with Gasteiger partial charge in [-0.3, -0.25) is 0 Å². The van der Waals surface area contributed by atoms with E-state index in [1.165, 1.54) is 34.8 Å². The lowest BCUT2D eigenvalue weighted by Crippen LogP contribution is -2.68. The lowest BCUT2D eigenvalue weighted by molar-refractivity contribution is -2.00. The van der Waals surface area contributed by atoms with Crippen molar-refractivity contribution < 1.29 is 34.0 Å². The third kappa shape index (κ3) is 5.90. The molecule has 1 fully saturated rings. The maximum atomic E-state index is 9.70. The second-order valence-electron chi connectivity index (χ2n) is 3.96. The van der Waals surface area contributed by atoms with E-state index in [4.69, 9.17) is 18.6 Å². The summed E-state index contributed by atoms with van der Waals surface area (Å²) in [4.78, 5) is 1.19. The minimum Gasteiger partial charge on any atom is -0.503 e. The van der Waals surface area contributed by atoms with Gasteiger partial charge in [0.15, 0.2) is 10.6 Å². The van der Waals surface area contributed by atoms with Crippen molar-refractivity contribution in [2.45, 2.75) is 24.7 Å². The molecule has 1 aromatic rings. The standard InChI is InChI=1S/C11H14OS.ClHO4/c1-9-4-5-10(12)11(8-9)13-6-2-3-7-13;2-1(3,4)5/h4-5,8H,2-3,6-7H2,1H3;(H,2,3,4,5). The van der Waals surface area contributed by atoms with Gasteiger partial charge in [-0.05, 0) is 37.5 Å². The van der Waals surface area contributed by atoms with E-state index < -0.39 is 10.2 Å². The lowest BCUT2D eigenvalue weighted by atomic mass is 10.2. The lowest BCUT2D eigenvalue weighted by Gasteiger charge is -2.17. The van der Waals surface area contributed by atoms with Crippen LogP contribution in [0.2, 0.25) is 0 Å². The zero-order valence-corrected chi connectivity index (χ0v) is 11.5. The molecule has 5 nitrogen and oxygen atoms in total. The summed E-state index contributed by atoms with van der Waals surface area (Å²) >= 11 is 0. The second-order valence-corrected chi connectivity index (χ2v) is 6.96. The Morgan fingerprint density at radius 3 is 2.11 bits per heavy atom. The monoisotopic (exact) mass is 294 g/mol. The Morgan fingerprint density at radius 2 is 1.61 bits per heavy atom. The molecule has 0 unspecified atom stereocenters. The molecule has 0 amide bonds. The predicted octanol–water partition coefficient (Wildman–Crippen LogP) is -2.28. The van der Waals surface area contributed by atoms with Gasteiger partial charge < -0.3 is 5.11 Å². The van der Waals surface area contributed by atoms with Crippen molar-refractivity contribution in [2.24, 2.45) is 0 Å². The molecule has 1 heterocycles. The van der Waals surface area contributed by atoms with Gasteiger partial charge in [-0.1, -0.05) is 6.07 Å². The molecule has 1 aliphatic rings. The Balaban J connectivity index is 0.000000280. The molecule has 7 heteroatoms. The highest BCUT2D eigenvalue weighted by Crippen LogP contribution is 2.30. The summed E-state index contributed by atoms with van der Waals surface area (Å²) in [7, 11) is -4.61. The highest BCUT2D eigenvalue weighted by atomic mass is 35.7. The van der Waals surface area contributed by atoms with Crippen LogP contribution in [0.3, 0.4) is 0 Å². The maximum Gasteiger partial charge on any atom is 0.196 e. The molecule has 0 aromatic heterocycles. The van der Waals surface area contributed by atoms with Gasteiger partial charge in [0, 0.05) is 10.9 Å². The van der Waals surface area contributed by atoms with Crippen LogP contribution in [0.25, 0.3) is 0 Å². The topological polar surface area (TPSA) is 112 Å². The average molecular weight is 295 g/mol. The minimum atomic E-state index is -4.94. The van der Waals surface area contributed by atoms with Gasteiger partial charge in [0.25, 0.3) is 0 Å². The smallest absolute Gasteiger partial charge is 0.196 e. The summed E-state index contributed by atoms with van der Waals surface area (Å²) in [6, 6.07) is 5.94. The molecule has 1 aliphatic heterocycles. The quantitative estimate of drug-likeness (QED) is 0.586. The van der Waals surface area contributed by atoms with Gasteiger partial charge in [0.05, 0.1) is 0 Å². The SMILES string of the molecule is Cc1ccc(O)c([S+]2CCCC2)c1.[O-][Cl+3]([O-])([O-])[O-]. The Labute approximate surface area is 111 Å². The first kappa shape index (κ1) is 15.6. The first-order valence-corrected chi connectivity index (χ1v) is 8.16. The molecular formula is C11H15ClO5S. The van der Waals surface area contributed by atoms with Gasteiger partial charge in [-0.2, -0.15) is 0 Å². The third-order valence-electron chi connectivity index (χ3n) is 2.46. The molecule has 0 radical (unpaired) electrons. The summed E-state index contributed by atoms with van der Waals surface area (Å²) in [6.45, 7) is 2.09. The van der Waals surface area contributed by atoms with E-state index >= 15 is 0 Å². The van der Waals surface area contributed by atoms with E-state index in [0.29, 0.717) is 16.6 Å². The van der Waals surface area contributed by atoms with Crippen molar-refractivity contribution in [1.29, 1.82) is 0 Å². The van der Waals surface area contributed by atoms with Gasteiger partial charge in [0.2, 0.25) is 0 Å². The molecule has 0 aliphatic carbocycles. The Bertz CT molecular complexity index is 382. The molecule has 1 saturated heterocycles. The molecule has 0 atom stereocenters. The van der Waals surface area contributed by atoms with Crippen LogP contribution in [0.5, 0.6) is 5.75 Å². The molecule has 1 N–H and O–H groups in total. The highest BCUT2D eigenvalue weighted by Gasteiger charge is 2.29. The second kappa shape index (κ2) is 6.60. The fourth-order valence-electron chi connectivity index (χ4n) is 1.73. The number of rotatable bonds is 1. The first-order chi connectivity index (χ1) is 8.27. The van der Waals surface area contributed by atoms with E-state index in [0.717, 1.165) is 0 Å². The van der Waals surface area contributed by atoms with Crippen LogP contribution >= 0.6 is 0 Å². The zero-order chi connectivity index (χ0) is 13.8. The van der Waals surface area contributed by atoms with E-state index in [1.807, 2.05) is 12.1 Å². The number of aromatic hydroxyl groups is 1. The minimum absolute atomic E-state index is 0.337. The summed E-state index contributed by atoms with van der Waals surface area (Å²) in [5, 5.41) is 9.70. The molecule has 2 rings (SSSR count). The van der Waals surface area contributed by atoms with Crippen molar-refractivity contribution >= 4 is 10.9 Å². The maximum absolute atomic E-state index is 9.70. The van der Waals surface area contributed by atoms with Crippen LogP contribution in [-0.4, -0.2) is 16.6 Å². The van der Waals surface area contributed by atoms with Gasteiger partial charge >= 0.3 is 0 Å². The summed E-state index contributed by atoms with van der Waals surface area (Å²) in [5.74, 6) is 3.05. The average Bonchev–Trinajstić information content (AvgIpc) is 2.72. The van der Waals surface area contributed by atoms with Crippen molar-refractivity contribution in [2.75, 3.05) is 11.5 Å². The van der Waals surface area contributed by atoms with E-state index in [-0.39, 0.29) is 0 Å². The fourth-order valence-corrected chi connectivity index (χ4v) is 4.19. The fraction of sp³-hybridized carbons (Fsp3) is 0.455. The van der Waals surface area contributed by atoms with Crippen LogP contribution in [0.15, 0.2) is 23.1 Å². The molecule has 102 valence electrons. The van der Waals surface area contributed by atoms with Crippen molar-refractivity contribution in [3.8, 4) is 5.75 Å². The van der Waals surface area contributed by atoms with Gasteiger partial charge in [-0.25, -0.2) is 18.6 Å². The number of phenolic OH excluding ortho intramolecular Hbond substituents is 1. The van der Waals surface area contributed by atoms with Crippen LogP contribution in [0, 0.1) is 17.2 Å². The zero-order valence-electron chi connectivity index (χ0n) is 9.93. The third-order valence-corrected chi connectivity index (χ3v) is 4.97. The number of benzene rings is 1. The summed E-state index contributed by atoms with van der Waals surface area (Å²) < 4.78 is 34.0. The first-order valence-electron chi connectivity index (χ1n) is 5.36. The normalized spacial score (nSPS) is 16.3. The van der Waals surface area contributed by atoms with E-state index in [2.05, 4.69) is 13.0 Å². The number of halogens is 1. The largest absolute Gasteiger partial charge is 0.503 e. The predicted molar refractivity (Wildman–Crippen MR) is 57.4 cm³/mol. The van der Waals surface area contributed by atoms with E-state index in [9.17, 15) is 5.11 Å². The Hall–Kier alpha value is -0.500. The van der Waals surface area contributed by atoms with Crippen molar-refractivity contribution in [3.05, 3.63) is 23.8 Å². The number of hydrogen-bond donors (Lipinski definition) is 1. The molecule has 18 heavy (non-hydrogen) atoms. The number of phenols is 1. The highest BCUT2D eigenvalue weighted by molar-refractivity contribution is 7.97. The molecule has 0 spiro atoms. The van der Waals surface area contributed by atoms with Crippen LogP contribution in [-0.2, 0) is 10.9 Å². The summed E-state index contributed by atoms with van der Waals surface area (Å²) in [6.07, 6.45) is 2.66.